The van der Waals surface area contributed by atoms with Crippen molar-refractivity contribution in [2.75, 3.05) is 33.1 Å². The SMILES string of the molecule is CCNC(=O)C(C)(NC)c1ccc(Nc2nc(-c3c(F)cccc3F)nc3c2C(=O)N(Cc2ccc(OC)cc2OC)C3)cc1. The van der Waals surface area contributed by atoms with Gasteiger partial charge in [0.05, 0.1) is 38.6 Å². The third-order valence-electron chi connectivity index (χ3n) is 7.88. The molecule has 1 aromatic heterocycles. The molecule has 45 heavy (non-hydrogen) atoms. The molecule has 12 heteroatoms. The lowest BCUT2D eigenvalue weighted by Crippen LogP contribution is -2.50. The Balaban J connectivity index is 1.53. The molecule has 0 fully saturated rings. The van der Waals surface area contributed by atoms with E-state index in [4.69, 9.17) is 9.47 Å². The summed E-state index contributed by atoms with van der Waals surface area (Å²) in [6.07, 6.45) is 0. The van der Waals surface area contributed by atoms with Crippen molar-refractivity contribution in [1.82, 2.24) is 25.5 Å². The van der Waals surface area contributed by atoms with E-state index in [-0.39, 0.29) is 42.1 Å². The average Bonchev–Trinajstić information content (AvgIpc) is 3.35. The number of fused-ring (bicyclic) bond motifs is 1. The Hall–Kier alpha value is -5.10. The predicted molar refractivity (Wildman–Crippen MR) is 165 cm³/mol. The van der Waals surface area contributed by atoms with Crippen molar-refractivity contribution in [3.8, 4) is 22.9 Å². The number of carbonyl (C=O) groups excluding carboxylic acids is 2. The second kappa shape index (κ2) is 12.9. The zero-order valence-electron chi connectivity index (χ0n) is 25.6. The number of rotatable bonds is 11. The normalized spacial score (nSPS) is 13.7. The van der Waals surface area contributed by atoms with Gasteiger partial charge in [-0.15, -0.1) is 0 Å². The van der Waals surface area contributed by atoms with Gasteiger partial charge >= 0.3 is 0 Å². The number of nitrogens with one attached hydrogen (secondary N) is 3. The lowest BCUT2D eigenvalue weighted by molar-refractivity contribution is -0.127. The number of amides is 2. The molecule has 234 valence electrons. The lowest BCUT2D eigenvalue weighted by Gasteiger charge is -2.28. The molecule has 4 aromatic rings. The van der Waals surface area contributed by atoms with Gasteiger partial charge in [0.25, 0.3) is 5.91 Å². The highest BCUT2D eigenvalue weighted by atomic mass is 19.1. The fourth-order valence-electron chi connectivity index (χ4n) is 5.24. The van der Waals surface area contributed by atoms with Crippen LogP contribution in [0.1, 0.15) is 41.0 Å². The molecule has 0 spiro atoms. The highest BCUT2D eigenvalue weighted by Crippen LogP contribution is 2.35. The zero-order valence-corrected chi connectivity index (χ0v) is 25.6. The van der Waals surface area contributed by atoms with Crippen LogP contribution in [0.2, 0.25) is 0 Å². The van der Waals surface area contributed by atoms with E-state index in [0.29, 0.717) is 35.0 Å². The summed E-state index contributed by atoms with van der Waals surface area (Å²) in [6, 6.07) is 15.8. The second-order valence-electron chi connectivity index (χ2n) is 10.6. The molecule has 5 rings (SSSR count). The van der Waals surface area contributed by atoms with Crippen molar-refractivity contribution in [2.45, 2.75) is 32.5 Å². The Bertz CT molecular complexity index is 1730. The summed E-state index contributed by atoms with van der Waals surface area (Å²) in [5.41, 5.74) is 1.11. The molecular formula is C33H34F2N6O4. The average molecular weight is 617 g/mol. The summed E-state index contributed by atoms with van der Waals surface area (Å²) in [5.74, 6) is -1.15. The number of hydrogen-bond donors (Lipinski definition) is 3. The number of nitrogens with zero attached hydrogens (tertiary/aromatic N) is 3. The van der Waals surface area contributed by atoms with E-state index in [0.717, 1.165) is 17.7 Å². The van der Waals surface area contributed by atoms with Crippen molar-refractivity contribution in [3.05, 3.63) is 94.7 Å². The summed E-state index contributed by atoms with van der Waals surface area (Å²) >= 11 is 0. The van der Waals surface area contributed by atoms with Crippen LogP contribution in [0.5, 0.6) is 11.5 Å². The number of aromatic nitrogens is 2. The number of methoxy groups -OCH3 is 2. The van der Waals surface area contributed by atoms with Crippen LogP contribution in [0.4, 0.5) is 20.3 Å². The van der Waals surface area contributed by atoms with Crippen molar-refractivity contribution in [3.63, 3.8) is 0 Å². The first-order valence-corrected chi connectivity index (χ1v) is 14.3. The Kier molecular flexibility index (Phi) is 8.96. The van der Waals surface area contributed by atoms with Crippen LogP contribution >= 0.6 is 0 Å². The number of carbonyl (C=O) groups is 2. The molecule has 1 atom stereocenters. The Morgan fingerprint density at radius 1 is 1.00 bits per heavy atom. The molecule has 2 heterocycles. The van der Waals surface area contributed by atoms with E-state index in [1.807, 2.05) is 6.92 Å². The summed E-state index contributed by atoms with van der Waals surface area (Å²) < 4.78 is 40.5. The van der Waals surface area contributed by atoms with Gasteiger partial charge in [0, 0.05) is 23.9 Å². The number of hydrogen-bond acceptors (Lipinski definition) is 8. The van der Waals surface area contributed by atoms with Crippen LogP contribution in [0.3, 0.4) is 0 Å². The quantitative estimate of drug-likeness (QED) is 0.218. The molecule has 0 saturated heterocycles. The van der Waals surface area contributed by atoms with Gasteiger partial charge in [-0.3, -0.25) is 9.59 Å². The molecule has 3 N–H and O–H groups in total. The number of benzene rings is 3. The molecule has 1 aliphatic rings. The standard InChI is InChI=1S/C33H34F2N6O4/c1-6-37-32(43)33(2,36-3)20-11-13-21(14-12-20)38-30-28-25(39-29(40-30)27-23(34)8-7-9-24(27)35)18-41(31(28)42)17-19-10-15-22(44-4)16-26(19)45-5/h7-16,36H,6,17-18H2,1-5H3,(H,37,43)(H,38,39,40). The number of likely N-dealkylation sites (N-methyl/N-ethyl adjacent to an activating group) is 2. The van der Waals surface area contributed by atoms with Gasteiger partial charge in [-0.05, 0) is 62.9 Å². The summed E-state index contributed by atoms with van der Waals surface area (Å²) in [6.45, 7) is 4.37. The fraction of sp³-hybridized carbons (Fsp3) is 0.273. The second-order valence-corrected chi connectivity index (χ2v) is 10.6. The van der Waals surface area contributed by atoms with Crippen LogP contribution in [-0.2, 0) is 23.4 Å². The fourth-order valence-corrected chi connectivity index (χ4v) is 5.24. The van der Waals surface area contributed by atoms with Gasteiger partial charge in [-0.25, -0.2) is 18.7 Å². The molecule has 0 radical (unpaired) electrons. The molecule has 10 nitrogen and oxygen atoms in total. The first kappa shape index (κ1) is 31.3. The van der Waals surface area contributed by atoms with Crippen molar-refractivity contribution in [2.24, 2.45) is 0 Å². The molecule has 1 aliphatic heterocycles. The summed E-state index contributed by atoms with van der Waals surface area (Å²) in [7, 11) is 4.78. The molecule has 3 aromatic carbocycles. The van der Waals surface area contributed by atoms with Gasteiger partial charge in [0.2, 0.25) is 5.91 Å². The van der Waals surface area contributed by atoms with Gasteiger partial charge in [-0.1, -0.05) is 18.2 Å². The monoisotopic (exact) mass is 616 g/mol. The number of ether oxygens (including phenoxy) is 2. The maximum absolute atomic E-state index is 14.9. The van der Waals surface area contributed by atoms with E-state index in [1.54, 1.807) is 68.4 Å². The molecule has 0 bridgehead atoms. The maximum atomic E-state index is 14.9. The Morgan fingerprint density at radius 2 is 1.71 bits per heavy atom. The first-order valence-electron chi connectivity index (χ1n) is 14.3. The van der Waals surface area contributed by atoms with Crippen molar-refractivity contribution >= 4 is 23.3 Å². The lowest BCUT2D eigenvalue weighted by atomic mass is 9.91. The number of halogens is 2. The maximum Gasteiger partial charge on any atom is 0.260 e. The van der Waals surface area contributed by atoms with E-state index < -0.39 is 22.7 Å². The Morgan fingerprint density at radius 3 is 2.33 bits per heavy atom. The van der Waals surface area contributed by atoms with Crippen molar-refractivity contribution < 1.29 is 27.8 Å². The largest absolute Gasteiger partial charge is 0.497 e. The highest BCUT2D eigenvalue weighted by molar-refractivity contribution is 6.03. The van der Waals surface area contributed by atoms with Crippen LogP contribution in [0.25, 0.3) is 11.4 Å². The topological polar surface area (TPSA) is 118 Å². The van der Waals surface area contributed by atoms with E-state index in [1.165, 1.54) is 13.2 Å². The first-order chi connectivity index (χ1) is 21.6. The Labute approximate surface area is 259 Å². The van der Waals surface area contributed by atoms with Crippen LogP contribution < -0.4 is 25.4 Å². The zero-order chi connectivity index (χ0) is 32.3. The highest BCUT2D eigenvalue weighted by Gasteiger charge is 2.35. The van der Waals surface area contributed by atoms with E-state index in [9.17, 15) is 18.4 Å². The van der Waals surface area contributed by atoms with Gasteiger partial charge in [-0.2, -0.15) is 0 Å². The minimum absolute atomic E-state index is 0.0790. The minimum Gasteiger partial charge on any atom is -0.497 e. The minimum atomic E-state index is -0.987. The molecule has 0 saturated carbocycles. The van der Waals surface area contributed by atoms with Crippen LogP contribution in [-0.4, -0.2) is 54.5 Å². The summed E-state index contributed by atoms with van der Waals surface area (Å²) in [4.78, 5) is 37.1. The summed E-state index contributed by atoms with van der Waals surface area (Å²) in [5, 5.41) is 9.06. The van der Waals surface area contributed by atoms with Gasteiger partial charge in [0.1, 0.15) is 40.1 Å². The van der Waals surface area contributed by atoms with Crippen LogP contribution in [0.15, 0.2) is 60.7 Å². The number of anilines is 2. The van der Waals surface area contributed by atoms with E-state index >= 15 is 0 Å². The molecule has 1 unspecified atom stereocenters. The molecule has 0 aliphatic carbocycles. The third-order valence-corrected chi connectivity index (χ3v) is 7.88. The van der Waals surface area contributed by atoms with E-state index in [2.05, 4.69) is 25.9 Å². The molecular weight excluding hydrogens is 582 g/mol. The van der Waals surface area contributed by atoms with Crippen LogP contribution in [0, 0.1) is 11.6 Å². The van der Waals surface area contributed by atoms with Gasteiger partial charge < -0.3 is 30.3 Å². The van der Waals surface area contributed by atoms with Gasteiger partial charge in [0.15, 0.2) is 5.82 Å². The smallest absolute Gasteiger partial charge is 0.260 e. The van der Waals surface area contributed by atoms with Crippen molar-refractivity contribution in [1.29, 1.82) is 0 Å². The molecule has 2 amide bonds. The third kappa shape index (κ3) is 6.01. The predicted octanol–water partition coefficient (Wildman–Crippen LogP) is 4.91.